The minimum absolute atomic E-state index is 0.961. The Morgan fingerprint density at radius 3 is 2.77 bits per heavy atom. The predicted octanol–water partition coefficient (Wildman–Crippen LogP) is 2.92. The van der Waals surface area contributed by atoms with Gasteiger partial charge < -0.3 is 4.74 Å². The van der Waals surface area contributed by atoms with Crippen LogP contribution in [0.5, 0.6) is 5.75 Å². The fraction of sp³-hybridized carbons (Fsp3) is 0.300. The first kappa shape index (κ1) is 8.51. The Hall–Kier alpha value is -1.09. The number of aryl methyl sites for hydroxylation is 2. The Labute approximate surface area is 81.2 Å². The van der Waals surface area contributed by atoms with Crippen molar-refractivity contribution in [3.05, 3.63) is 22.7 Å². The summed E-state index contributed by atoms with van der Waals surface area (Å²) in [4.78, 5) is 4.40. The molecule has 68 valence electrons. The molecule has 0 saturated carbocycles. The second-order valence-electron chi connectivity index (χ2n) is 3.00. The molecular weight excluding hydrogens is 182 g/mol. The largest absolute Gasteiger partial charge is 0.495 e. The summed E-state index contributed by atoms with van der Waals surface area (Å²) >= 11 is 1.68. The molecule has 3 heteroatoms. The minimum atomic E-state index is 0.961. The van der Waals surface area contributed by atoms with E-state index in [1.807, 2.05) is 26.0 Å². The number of hydrogen-bond donors (Lipinski definition) is 0. The van der Waals surface area contributed by atoms with Gasteiger partial charge in [-0.05, 0) is 25.5 Å². The summed E-state index contributed by atoms with van der Waals surface area (Å²) in [7, 11) is 1.71. The summed E-state index contributed by atoms with van der Waals surface area (Å²) in [5, 5.41) is 1.08. The standard InChI is InChI=1S/C10H11NOS/c1-6-4-5-8-10(9(6)12-3)13-7(2)11-8/h4-5H,1-3H3. The summed E-state index contributed by atoms with van der Waals surface area (Å²) < 4.78 is 6.49. The highest BCUT2D eigenvalue weighted by molar-refractivity contribution is 7.18. The molecule has 13 heavy (non-hydrogen) atoms. The van der Waals surface area contributed by atoms with Crippen molar-refractivity contribution >= 4 is 21.6 Å². The molecule has 1 aromatic carbocycles. The molecule has 0 aliphatic carbocycles. The monoisotopic (exact) mass is 193 g/mol. The van der Waals surface area contributed by atoms with Gasteiger partial charge in [0, 0.05) is 0 Å². The maximum Gasteiger partial charge on any atom is 0.141 e. The highest BCUT2D eigenvalue weighted by atomic mass is 32.1. The van der Waals surface area contributed by atoms with E-state index in [0.29, 0.717) is 0 Å². The fourth-order valence-corrected chi connectivity index (χ4v) is 2.43. The Morgan fingerprint density at radius 2 is 2.08 bits per heavy atom. The predicted molar refractivity (Wildman–Crippen MR) is 55.6 cm³/mol. The lowest BCUT2D eigenvalue weighted by Gasteiger charge is -2.03. The molecule has 0 N–H and O–H groups in total. The maximum atomic E-state index is 5.34. The molecule has 0 unspecified atom stereocenters. The van der Waals surface area contributed by atoms with Crippen molar-refractivity contribution in [3.8, 4) is 5.75 Å². The van der Waals surface area contributed by atoms with E-state index >= 15 is 0 Å². The highest BCUT2D eigenvalue weighted by Gasteiger charge is 2.08. The number of nitrogens with zero attached hydrogens (tertiary/aromatic N) is 1. The molecule has 0 bridgehead atoms. The van der Waals surface area contributed by atoms with Crippen molar-refractivity contribution in [2.75, 3.05) is 7.11 Å². The minimum Gasteiger partial charge on any atom is -0.495 e. The zero-order chi connectivity index (χ0) is 9.42. The van der Waals surface area contributed by atoms with Gasteiger partial charge in [0.1, 0.15) is 5.75 Å². The lowest BCUT2D eigenvalue weighted by atomic mass is 10.2. The second-order valence-corrected chi connectivity index (χ2v) is 4.20. The van der Waals surface area contributed by atoms with Crippen molar-refractivity contribution in [2.45, 2.75) is 13.8 Å². The van der Waals surface area contributed by atoms with Crippen LogP contribution >= 0.6 is 11.3 Å². The van der Waals surface area contributed by atoms with Crippen molar-refractivity contribution < 1.29 is 4.74 Å². The molecule has 1 heterocycles. The Bertz CT molecular complexity index is 447. The van der Waals surface area contributed by atoms with Gasteiger partial charge in [0.15, 0.2) is 0 Å². The van der Waals surface area contributed by atoms with Gasteiger partial charge in [-0.1, -0.05) is 6.07 Å². The van der Waals surface area contributed by atoms with E-state index < -0.39 is 0 Å². The van der Waals surface area contributed by atoms with Gasteiger partial charge in [-0.3, -0.25) is 0 Å². The molecule has 2 nitrogen and oxygen atoms in total. The molecule has 1 aromatic heterocycles. The SMILES string of the molecule is COc1c(C)ccc2nc(C)sc12. The van der Waals surface area contributed by atoms with Crippen LogP contribution in [0.4, 0.5) is 0 Å². The summed E-state index contributed by atoms with van der Waals surface area (Å²) in [6.45, 7) is 4.06. The first-order chi connectivity index (χ1) is 6.22. The van der Waals surface area contributed by atoms with Crippen molar-refractivity contribution in [1.82, 2.24) is 4.98 Å². The van der Waals surface area contributed by atoms with E-state index in [1.165, 1.54) is 5.56 Å². The van der Waals surface area contributed by atoms with Crippen LogP contribution in [-0.4, -0.2) is 12.1 Å². The smallest absolute Gasteiger partial charge is 0.141 e. The van der Waals surface area contributed by atoms with E-state index in [-0.39, 0.29) is 0 Å². The lowest BCUT2D eigenvalue weighted by Crippen LogP contribution is -1.86. The van der Waals surface area contributed by atoms with Crippen LogP contribution in [0.25, 0.3) is 10.2 Å². The van der Waals surface area contributed by atoms with Gasteiger partial charge in [0.25, 0.3) is 0 Å². The van der Waals surface area contributed by atoms with Crippen LogP contribution in [0.1, 0.15) is 10.6 Å². The molecule has 2 aromatic rings. The van der Waals surface area contributed by atoms with Crippen LogP contribution < -0.4 is 4.74 Å². The summed E-state index contributed by atoms with van der Waals surface area (Å²) in [6, 6.07) is 4.08. The molecule has 2 rings (SSSR count). The molecule has 0 radical (unpaired) electrons. The molecule has 0 aliphatic heterocycles. The number of hydrogen-bond acceptors (Lipinski definition) is 3. The third-order valence-corrected chi connectivity index (χ3v) is 3.01. The first-order valence-electron chi connectivity index (χ1n) is 4.13. The van der Waals surface area contributed by atoms with Gasteiger partial charge in [-0.2, -0.15) is 0 Å². The van der Waals surface area contributed by atoms with Crippen molar-refractivity contribution in [3.63, 3.8) is 0 Å². The first-order valence-corrected chi connectivity index (χ1v) is 4.95. The molecule has 0 amide bonds. The molecule has 0 aliphatic rings. The fourth-order valence-electron chi connectivity index (χ4n) is 1.43. The summed E-state index contributed by atoms with van der Waals surface area (Å²) in [5.41, 5.74) is 2.20. The summed E-state index contributed by atoms with van der Waals surface area (Å²) in [6.07, 6.45) is 0. The number of benzene rings is 1. The van der Waals surface area contributed by atoms with Crippen LogP contribution in [-0.2, 0) is 0 Å². The van der Waals surface area contributed by atoms with Gasteiger partial charge >= 0.3 is 0 Å². The van der Waals surface area contributed by atoms with E-state index in [0.717, 1.165) is 21.0 Å². The third kappa shape index (κ3) is 1.29. The zero-order valence-corrected chi connectivity index (χ0v) is 8.73. The van der Waals surface area contributed by atoms with Gasteiger partial charge in [0.2, 0.25) is 0 Å². The molecule has 0 atom stereocenters. The number of methoxy groups -OCH3 is 1. The van der Waals surface area contributed by atoms with Gasteiger partial charge in [-0.15, -0.1) is 11.3 Å². The Kier molecular flexibility index (Phi) is 1.96. The number of fused-ring (bicyclic) bond motifs is 1. The van der Waals surface area contributed by atoms with E-state index in [1.54, 1.807) is 18.4 Å². The maximum absolute atomic E-state index is 5.34. The van der Waals surface area contributed by atoms with Gasteiger partial charge in [-0.25, -0.2) is 4.98 Å². The Balaban J connectivity index is 2.82. The van der Waals surface area contributed by atoms with Gasteiger partial charge in [0.05, 0.1) is 22.3 Å². The normalized spacial score (nSPS) is 10.7. The van der Waals surface area contributed by atoms with Crippen molar-refractivity contribution in [1.29, 1.82) is 0 Å². The van der Waals surface area contributed by atoms with Crippen molar-refractivity contribution in [2.24, 2.45) is 0 Å². The topological polar surface area (TPSA) is 22.1 Å². The van der Waals surface area contributed by atoms with Crippen LogP contribution in [0.3, 0.4) is 0 Å². The number of aromatic nitrogens is 1. The zero-order valence-electron chi connectivity index (χ0n) is 7.92. The lowest BCUT2D eigenvalue weighted by molar-refractivity contribution is 0.417. The summed E-state index contributed by atoms with van der Waals surface area (Å²) in [5.74, 6) is 0.961. The van der Waals surface area contributed by atoms with Crippen LogP contribution in [0.15, 0.2) is 12.1 Å². The van der Waals surface area contributed by atoms with E-state index in [9.17, 15) is 0 Å². The third-order valence-electron chi connectivity index (χ3n) is 2.02. The average molecular weight is 193 g/mol. The van der Waals surface area contributed by atoms with E-state index in [2.05, 4.69) is 4.98 Å². The molecule has 0 fully saturated rings. The quantitative estimate of drug-likeness (QED) is 0.694. The Morgan fingerprint density at radius 1 is 1.31 bits per heavy atom. The van der Waals surface area contributed by atoms with Crippen LogP contribution in [0.2, 0.25) is 0 Å². The molecule has 0 spiro atoms. The molecule has 0 saturated heterocycles. The van der Waals surface area contributed by atoms with E-state index in [4.69, 9.17) is 4.74 Å². The highest BCUT2D eigenvalue weighted by Crippen LogP contribution is 2.33. The number of thiazole rings is 1. The number of rotatable bonds is 1. The molecular formula is C10H11NOS. The number of ether oxygens (including phenoxy) is 1. The van der Waals surface area contributed by atoms with Crippen LogP contribution in [0, 0.1) is 13.8 Å². The average Bonchev–Trinajstić information content (AvgIpc) is 2.45. The second kappa shape index (κ2) is 3.00.